The summed E-state index contributed by atoms with van der Waals surface area (Å²) in [7, 11) is 0. The summed E-state index contributed by atoms with van der Waals surface area (Å²) >= 11 is 0. The van der Waals surface area contributed by atoms with Gasteiger partial charge < -0.3 is 10.1 Å². The van der Waals surface area contributed by atoms with E-state index < -0.39 is 29.2 Å². The fraction of sp³-hybridized carbons (Fsp3) is 0.105. The standard InChI is InChI=1S/C19H15FN4O5/c20-16-7-6-15(24(27)28)10-17(16)22-18(25)12-29-19(26)14-4-2-13(3-5-14)11-23-9-1-8-21-23/h1-10H,11-12H2,(H,22,25). The molecule has 0 saturated heterocycles. The third kappa shape index (κ3) is 5.22. The van der Waals surface area contributed by atoms with Gasteiger partial charge in [0.05, 0.1) is 22.7 Å². The second kappa shape index (κ2) is 8.74. The highest BCUT2D eigenvalue weighted by Gasteiger charge is 2.15. The zero-order valence-electron chi connectivity index (χ0n) is 14.9. The number of nitrogens with zero attached hydrogens (tertiary/aromatic N) is 3. The number of nitro benzene ring substituents is 1. The van der Waals surface area contributed by atoms with Crippen LogP contribution in [0.5, 0.6) is 0 Å². The first-order chi connectivity index (χ1) is 13.9. The summed E-state index contributed by atoms with van der Waals surface area (Å²) in [6, 6.07) is 11.1. The molecule has 2 aromatic carbocycles. The maximum Gasteiger partial charge on any atom is 0.338 e. The topological polar surface area (TPSA) is 116 Å². The molecule has 1 heterocycles. The van der Waals surface area contributed by atoms with Gasteiger partial charge in [-0.3, -0.25) is 19.6 Å². The number of benzene rings is 2. The van der Waals surface area contributed by atoms with Crippen molar-refractivity contribution in [3.63, 3.8) is 0 Å². The molecule has 0 unspecified atom stereocenters. The molecule has 0 aliphatic heterocycles. The molecule has 10 heteroatoms. The summed E-state index contributed by atoms with van der Waals surface area (Å²) in [6.07, 6.45) is 3.47. The fourth-order valence-corrected chi connectivity index (χ4v) is 2.45. The van der Waals surface area contributed by atoms with E-state index in [9.17, 15) is 24.1 Å². The number of halogens is 1. The van der Waals surface area contributed by atoms with E-state index in [0.717, 1.165) is 23.8 Å². The Morgan fingerprint density at radius 2 is 1.97 bits per heavy atom. The number of hydrogen-bond acceptors (Lipinski definition) is 6. The predicted molar refractivity (Wildman–Crippen MR) is 99.7 cm³/mol. The Bertz CT molecular complexity index is 1040. The number of nitro groups is 1. The van der Waals surface area contributed by atoms with E-state index in [0.29, 0.717) is 6.54 Å². The van der Waals surface area contributed by atoms with E-state index >= 15 is 0 Å². The van der Waals surface area contributed by atoms with Crippen molar-refractivity contribution >= 4 is 23.3 Å². The SMILES string of the molecule is O=C(COC(=O)c1ccc(Cn2cccn2)cc1)Nc1cc([N+](=O)[O-])ccc1F. The highest BCUT2D eigenvalue weighted by Crippen LogP contribution is 2.21. The van der Waals surface area contributed by atoms with Crippen LogP contribution >= 0.6 is 0 Å². The Kier molecular flexibility index (Phi) is 5.93. The summed E-state index contributed by atoms with van der Waals surface area (Å²) in [6.45, 7) is -0.129. The van der Waals surface area contributed by atoms with Crippen molar-refractivity contribution in [1.82, 2.24) is 9.78 Å². The molecule has 0 aliphatic rings. The lowest BCUT2D eigenvalue weighted by Gasteiger charge is -2.08. The molecular weight excluding hydrogens is 383 g/mol. The first-order valence-corrected chi connectivity index (χ1v) is 8.39. The van der Waals surface area contributed by atoms with Gasteiger partial charge in [-0.1, -0.05) is 12.1 Å². The molecule has 3 rings (SSSR count). The van der Waals surface area contributed by atoms with Gasteiger partial charge >= 0.3 is 5.97 Å². The molecule has 1 amide bonds. The van der Waals surface area contributed by atoms with Gasteiger partial charge in [0, 0.05) is 24.5 Å². The number of esters is 1. The Labute approximate surface area is 163 Å². The van der Waals surface area contributed by atoms with Crippen molar-refractivity contribution in [3.05, 3.63) is 88.0 Å². The van der Waals surface area contributed by atoms with Gasteiger partial charge in [-0.05, 0) is 29.8 Å². The third-order valence-corrected chi connectivity index (χ3v) is 3.86. The average molecular weight is 398 g/mol. The highest BCUT2D eigenvalue weighted by molar-refractivity contribution is 5.95. The highest BCUT2D eigenvalue weighted by atomic mass is 19.1. The minimum atomic E-state index is -0.844. The molecule has 0 spiro atoms. The number of rotatable bonds is 7. The Hall–Kier alpha value is -4.08. The molecule has 1 N–H and O–H groups in total. The van der Waals surface area contributed by atoms with Crippen molar-refractivity contribution < 1.29 is 23.6 Å². The van der Waals surface area contributed by atoms with Crippen molar-refractivity contribution in [3.8, 4) is 0 Å². The number of non-ortho nitro benzene ring substituents is 1. The number of nitrogens with one attached hydrogen (secondary N) is 1. The van der Waals surface area contributed by atoms with Crippen molar-refractivity contribution in [2.45, 2.75) is 6.54 Å². The lowest BCUT2D eigenvalue weighted by Crippen LogP contribution is -2.21. The number of aromatic nitrogens is 2. The fourth-order valence-electron chi connectivity index (χ4n) is 2.45. The number of hydrogen-bond donors (Lipinski definition) is 1. The summed E-state index contributed by atoms with van der Waals surface area (Å²) in [5, 5.41) is 17.0. The van der Waals surface area contributed by atoms with Gasteiger partial charge in [-0.25, -0.2) is 9.18 Å². The molecule has 148 valence electrons. The smallest absolute Gasteiger partial charge is 0.338 e. The molecule has 0 fully saturated rings. The average Bonchev–Trinajstić information content (AvgIpc) is 3.21. The number of carbonyl (C=O) groups is 2. The van der Waals surface area contributed by atoms with Crippen LogP contribution in [-0.2, 0) is 16.1 Å². The lowest BCUT2D eigenvalue weighted by molar-refractivity contribution is -0.384. The van der Waals surface area contributed by atoms with E-state index in [-0.39, 0.29) is 16.9 Å². The molecule has 3 aromatic rings. The molecule has 29 heavy (non-hydrogen) atoms. The van der Waals surface area contributed by atoms with Crippen LogP contribution in [0.3, 0.4) is 0 Å². The van der Waals surface area contributed by atoms with E-state index in [4.69, 9.17) is 4.74 Å². The number of amides is 1. The number of anilines is 1. The van der Waals surface area contributed by atoms with E-state index in [1.807, 2.05) is 6.20 Å². The molecule has 1 aromatic heterocycles. The van der Waals surface area contributed by atoms with E-state index in [1.165, 1.54) is 0 Å². The van der Waals surface area contributed by atoms with Gasteiger partial charge in [-0.15, -0.1) is 0 Å². The summed E-state index contributed by atoms with van der Waals surface area (Å²) in [5.41, 5.74) is 0.407. The first-order valence-electron chi connectivity index (χ1n) is 8.39. The molecule has 9 nitrogen and oxygen atoms in total. The van der Waals surface area contributed by atoms with Gasteiger partial charge in [0.1, 0.15) is 5.82 Å². The van der Waals surface area contributed by atoms with Gasteiger partial charge in [0.2, 0.25) is 0 Å². The zero-order chi connectivity index (χ0) is 20.8. The van der Waals surface area contributed by atoms with Crippen molar-refractivity contribution in [2.75, 3.05) is 11.9 Å². The monoisotopic (exact) mass is 398 g/mol. The van der Waals surface area contributed by atoms with E-state index in [2.05, 4.69) is 10.4 Å². The van der Waals surface area contributed by atoms with Crippen LogP contribution in [0.1, 0.15) is 15.9 Å². The van der Waals surface area contributed by atoms with Crippen LogP contribution in [0, 0.1) is 15.9 Å². The van der Waals surface area contributed by atoms with Gasteiger partial charge in [0.15, 0.2) is 6.61 Å². The quantitative estimate of drug-likeness (QED) is 0.372. The van der Waals surface area contributed by atoms with Crippen molar-refractivity contribution in [2.24, 2.45) is 0 Å². The van der Waals surface area contributed by atoms with Crippen LogP contribution in [0.4, 0.5) is 15.8 Å². The summed E-state index contributed by atoms with van der Waals surface area (Å²) in [4.78, 5) is 33.9. The van der Waals surface area contributed by atoms with Crippen LogP contribution < -0.4 is 5.32 Å². The predicted octanol–water partition coefficient (Wildman–Crippen LogP) is 2.77. The molecule has 0 atom stereocenters. The Morgan fingerprint density at radius 3 is 2.62 bits per heavy atom. The van der Waals surface area contributed by atoms with Crippen LogP contribution in [0.2, 0.25) is 0 Å². The second-order valence-electron chi connectivity index (χ2n) is 5.95. The minimum Gasteiger partial charge on any atom is -0.452 e. The minimum absolute atomic E-state index is 0.239. The van der Waals surface area contributed by atoms with Gasteiger partial charge in [-0.2, -0.15) is 5.10 Å². The number of carbonyl (C=O) groups excluding carboxylic acids is 2. The molecule has 0 bridgehead atoms. The molecule has 0 saturated carbocycles. The maximum atomic E-state index is 13.7. The van der Waals surface area contributed by atoms with Crippen LogP contribution in [0.15, 0.2) is 60.9 Å². The molecular formula is C19H15FN4O5. The largest absolute Gasteiger partial charge is 0.452 e. The Balaban J connectivity index is 1.54. The molecule has 0 aliphatic carbocycles. The molecule has 0 radical (unpaired) electrons. The van der Waals surface area contributed by atoms with Crippen molar-refractivity contribution in [1.29, 1.82) is 0 Å². The zero-order valence-corrected chi connectivity index (χ0v) is 14.9. The Morgan fingerprint density at radius 1 is 1.21 bits per heavy atom. The number of ether oxygens (including phenoxy) is 1. The summed E-state index contributed by atoms with van der Waals surface area (Å²) in [5.74, 6) is -2.40. The normalized spacial score (nSPS) is 10.4. The van der Waals surface area contributed by atoms with Crippen LogP contribution in [0.25, 0.3) is 0 Å². The second-order valence-corrected chi connectivity index (χ2v) is 5.95. The lowest BCUT2D eigenvalue weighted by atomic mass is 10.1. The third-order valence-electron chi connectivity index (χ3n) is 3.86. The first kappa shape index (κ1) is 19.7. The summed E-state index contributed by atoms with van der Waals surface area (Å²) < 4.78 is 20.3. The van der Waals surface area contributed by atoms with Gasteiger partial charge in [0.25, 0.3) is 11.6 Å². The van der Waals surface area contributed by atoms with Crippen LogP contribution in [-0.4, -0.2) is 33.2 Å². The maximum absolute atomic E-state index is 13.7. The van der Waals surface area contributed by atoms with E-state index in [1.54, 1.807) is 41.2 Å².